The summed E-state index contributed by atoms with van der Waals surface area (Å²) in [4.78, 5) is 6.56. The molecule has 0 aliphatic rings. The number of aromatic nitrogens is 1. The second-order valence-corrected chi connectivity index (χ2v) is 4.89. The van der Waals surface area contributed by atoms with Crippen molar-refractivity contribution in [1.29, 1.82) is 0 Å². The molecule has 0 fully saturated rings. The number of nitrogens with zero attached hydrogens (tertiary/aromatic N) is 2. The minimum atomic E-state index is 0.962. The van der Waals surface area contributed by atoms with E-state index >= 15 is 0 Å². The van der Waals surface area contributed by atoms with Crippen LogP contribution in [0.25, 0.3) is 0 Å². The summed E-state index contributed by atoms with van der Waals surface area (Å²) < 4.78 is 1.11. The molecule has 1 aromatic carbocycles. The van der Waals surface area contributed by atoms with Gasteiger partial charge in [0.1, 0.15) is 0 Å². The molecule has 0 saturated carbocycles. The van der Waals surface area contributed by atoms with Gasteiger partial charge in [0.2, 0.25) is 0 Å². The fourth-order valence-corrected chi connectivity index (χ4v) is 2.06. The summed E-state index contributed by atoms with van der Waals surface area (Å²) in [6.07, 6.45) is 2.80. The standard InChI is InChI=1S/C14H15BrN2/c1-17(14-7-4-5-12(15)11-14)10-8-13-6-2-3-9-16-13/h2-7,9,11H,8,10H2,1H3. The van der Waals surface area contributed by atoms with E-state index in [-0.39, 0.29) is 0 Å². The Morgan fingerprint density at radius 1 is 1.18 bits per heavy atom. The molecule has 0 aliphatic heterocycles. The molecule has 2 nitrogen and oxygen atoms in total. The van der Waals surface area contributed by atoms with E-state index in [1.807, 2.05) is 24.4 Å². The molecule has 0 aliphatic carbocycles. The maximum Gasteiger partial charge on any atom is 0.0421 e. The van der Waals surface area contributed by atoms with Crippen LogP contribution < -0.4 is 4.90 Å². The second kappa shape index (κ2) is 5.82. The Bertz CT molecular complexity index is 471. The van der Waals surface area contributed by atoms with Crippen molar-refractivity contribution >= 4 is 21.6 Å². The predicted molar refractivity (Wildman–Crippen MR) is 75.4 cm³/mol. The zero-order valence-corrected chi connectivity index (χ0v) is 11.4. The largest absolute Gasteiger partial charge is 0.374 e. The van der Waals surface area contributed by atoms with E-state index in [0.29, 0.717) is 0 Å². The molecule has 0 saturated heterocycles. The molecular weight excluding hydrogens is 276 g/mol. The molecule has 0 bridgehead atoms. The molecule has 3 heteroatoms. The zero-order valence-electron chi connectivity index (χ0n) is 9.81. The van der Waals surface area contributed by atoms with Crippen LogP contribution in [0.5, 0.6) is 0 Å². The van der Waals surface area contributed by atoms with Crippen LogP contribution in [0.1, 0.15) is 5.69 Å². The molecule has 0 radical (unpaired) electrons. The third-order valence-electron chi connectivity index (χ3n) is 2.68. The van der Waals surface area contributed by atoms with Crippen LogP contribution in [0.15, 0.2) is 53.1 Å². The fraction of sp³-hybridized carbons (Fsp3) is 0.214. The number of hydrogen-bond acceptors (Lipinski definition) is 2. The quantitative estimate of drug-likeness (QED) is 0.856. The Balaban J connectivity index is 1.96. The second-order valence-electron chi connectivity index (χ2n) is 3.97. The maximum absolute atomic E-state index is 4.33. The van der Waals surface area contributed by atoms with Gasteiger partial charge >= 0.3 is 0 Å². The summed E-state index contributed by atoms with van der Waals surface area (Å²) >= 11 is 3.49. The van der Waals surface area contributed by atoms with Crippen LogP contribution in [0, 0.1) is 0 Å². The molecule has 0 atom stereocenters. The van der Waals surface area contributed by atoms with E-state index in [1.165, 1.54) is 5.69 Å². The molecule has 17 heavy (non-hydrogen) atoms. The molecule has 2 rings (SSSR count). The lowest BCUT2D eigenvalue weighted by atomic mass is 10.2. The van der Waals surface area contributed by atoms with Crippen LogP contribution >= 0.6 is 15.9 Å². The lowest BCUT2D eigenvalue weighted by molar-refractivity contribution is 0.852. The number of rotatable bonds is 4. The summed E-state index contributed by atoms with van der Waals surface area (Å²) in [5.74, 6) is 0. The van der Waals surface area contributed by atoms with E-state index in [4.69, 9.17) is 0 Å². The minimum absolute atomic E-state index is 0.962. The van der Waals surface area contributed by atoms with Crippen molar-refractivity contribution in [2.24, 2.45) is 0 Å². The van der Waals surface area contributed by atoms with Crippen LogP contribution in [0.2, 0.25) is 0 Å². The highest BCUT2D eigenvalue weighted by molar-refractivity contribution is 9.10. The van der Waals surface area contributed by atoms with Crippen molar-refractivity contribution in [1.82, 2.24) is 4.98 Å². The summed E-state index contributed by atoms with van der Waals surface area (Å²) in [6, 6.07) is 14.4. The number of benzene rings is 1. The summed E-state index contributed by atoms with van der Waals surface area (Å²) in [6.45, 7) is 0.966. The van der Waals surface area contributed by atoms with Gasteiger partial charge in [0.15, 0.2) is 0 Å². The molecular formula is C14H15BrN2. The lowest BCUT2D eigenvalue weighted by Gasteiger charge is -2.19. The van der Waals surface area contributed by atoms with Gasteiger partial charge in [-0.2, -0.15) is 0 Å². The average Bonchev–Trinajstić information content (AvgIpc) is 2.37. The van der Waals surface area contributed by atoms with Gasteiger partial charge in [0, 0.05) is 42.1 Å². The van der Waals surface area contributed by atoms with E-state index < -0.39 is 0 Å². The maximum atomic E-state index is 4.33. The Hall–Kier alpha value is -1.35. The first-order valence-electron chi connectivity index (χ1n) is 5.62. The molecule has 0 spiro atoms. The third-order valence-corrected chi connectivity index (χ3v) is 3.17. The Labute approximate surface area is 110 Å². The van der Waals surface area contributed by atoms with Crippen LogP contribution in [0.3, 0.4) is 0 Å². The van der Waals surface area contributed by atoms with Crippen molar-refractivity contribution in [3.8, 4) is 0 Å². The van der Waals surface area contributed by atoms with E-state index in [2.05, 4.69) is 57.1 Å². The molecule has 2 aromatic rings. The zero-order chi connectivity index (χ0) is 12.1. The Morgan fingerprint density at radius 3 is 2.76 bits per heavy atom. The first-order chi connectivity index (χ1) is 8.25. The summed E-state index contributed by atoms with van der Waals surface area (Å²) in [5.41, 5.74) is 2.35. The van der Waals surface area contributed by atoms with E-state index in [0.717, 1.165) is 23.1 Å². The lowest BCUT2D eigenvalue weighted by Crippen LogP contribution is -2.20. The first-order valence-corrected chi connectivity index (χ1v) is 6.41. The highest BCUT2D eigenvalue weighted by Crippen LogP contribution is 2.18. The highest BCUT2D eigenvalue weighted by Gasteiger charge is 2.02. The summed E-state index contributed by atoms with van der Waals surface area (Å²) in [7, 11) is 2.10. The van der Waals surface area contributed by atoms with Gasteiger partial charge < -0.3 is 4.90 Å². The van der Waals surface area contributed by atoms with Gasteiger partial charge in [-0.05, 0) is 30.3 Å². The summed E-state index contributed by atoms with van der Waals surface area (Å²) in [5, 5.41) is 0. The smallest absolute Gasteiger partial charge is 0.0421 e. The number of pyridine rings is 1. The Morgan fingerprint density at radius 2 is 2.06 bits per heavy atom. The van der Waals surface area contributed by atoms with Crippen molar-refractivity contribution in [3.05, 3.63) is 58.8 Å². The highest BCUT2D eigenvalue weighted by atomic mass is 79.9. The van der Waals surface area contributed by atoms with Gasteiger partial charge in [-0.1, -0.05) is 28.1 Å². The molecule has 88 valence electrons. The number of anilines is 1. The van der Waals surface area contributed by atoms with Crippen LogP contribution in [0.4, 0.5) is 5.69 Å². The first kappa shape index (κ1) is 12.1. The van der Waals surface area contributed by atoms with Crippen LogP contribution in [-0.2, 0) is 6.42 Å². The monoisotopic (exact) mass is 290 g/mol. The van der Waals surface area contributed by atoms with Gasteiger partial charge in [-0.25, -0.2) is 0 Å². The fourth-order valence-electron chi connectivity index (χ4n) is 1.67. The van der Waals surface area contributed by atoms with E-state index in [1.54, 1.807) is 0 Å². The number of halogens is 1. The molecule has 0 unspecified atom stereocenters. The molecule has 0 N–H and O–H groups in total. The molecule has 1 heterocycles. The van der Waals surface area contributed by atoms with E-state index in [9.17, 15) is 0 Å². The van der Waals surface area contributed by atoms with Gasteiger partial charge in [0.25, 0.3) is 0 Å². The average molecular weight is 291 g/mol. The number of likely N-dealkylation sites (N-methyl/N-ethyl adjacent to an activating group) is 1. The van der Waals surface area contributed by atoms with Crippen LogP contribution in [-0.4, -0.2) is 18.6 Å². The molecule has 1 aromatic heterocycles. The minimum Gasteiger partial charge on any atom is -0.374 e. The molecule has 0 amide bonds. The SMILES string of the molecule is CN(CCc1ccccn1)c1cccc(Br)c1. The van der Waals surface area contributed by atoms with Gasteiger partial charge in [-0.3, -0.25) is 4.98 Å². The topological polar surface area (TPSA) is 16.1 Å². The van der Waals surface area contributed by atoms with Crippen molar-refractivity contribution in [3.63, 3.8) is 0 Å². The van der Waals surface area contributed by atoms with Crippen molar-refractivity contribution < 1.29 is 0 Å². The van der Waals surface area contributed by atoms with Crippen molar-refractivity contribution in [2.75, 3.05) is 18.5 Å². The predicted octanol–water partition coefficient (Wildman–Crippen LogP) is 3.52. The van der Waals surface area contributed by atoms with Gasteiger partial charge in [0.05, 0.1) is 0 Å². The Kier molecular flexibility index (Phi) is 4.15. The van der Waals surface area contributed by atoms with Gasteiger partial charge in [-0.15, -0.1) is 0 Å². The number of hydrogen-bond donors (Lipinski definition) is 0. The van der Waals surface area contributed by atoms with Crippen molar-refractivity contribution in [2.45, 2.75) is 6.42 Å². The third kappa shape index (κ3) is 3.56. The normalized spacial score (nSPS) is 10.2.